The minimum absolute atomic E-state index is 0.117. The molecule has 0 N–H and O–H groups in total. The Bertz CT molecular complexity index is 516. The number of anilines is 1. The number of carbonyl (C=O) groups is 1. The number of hydrogen-bond donors (Lipinski definition) is 0. The third-order valence-corrected chi connectivity index (χ3v) is 2.64. The number of hydrogen-bond acceptors (Lipinski definition) is 3. The number of hydrazone groups is 1. The number of halogens is 1. The lowest BCUT2D eigenvalue weighted by Crippen LogP contribution is -2.26. The van der Waals surface area contributed by atoms with Gasteiger partial charge < -0.3 is 0 Å². The molecule has 1 heterocycles. The topological polar surface area (TPSA) is 56.5 Å². The Morgan fingerprint density at radius 1 is 1.47 bits per heavy atom. The van der Waals surface area contributed by atoms with Gasteiger partial charge in [0, 0.05) is 5.71 Å². The zero-order chi connectivity index (χ0) is 12.4. The van der Waals surface area contributed by atoms with Gasteiger partial charge in [-0.15, -0.1) is 0 Å². The van der Waals surface area contributed by atoms with Gasteiger partial charge in [-0.1, -0.05) is 0 Å². The van der Waals surface area contributed by atoms with Crippen molar-refractivity contribution in [3.63, 3.8) is 0 Å². The zero-order valence-electron chi connectivity index (χ0n) is 9.22. The molecule has 0 saturated heterocycles. The van der Waals surface area contributed by atoms with Crippen LogP contribution >= 0.6 is 0 Å². The van der Waals surface area contributed by atoms with Crippen molar-refractivity contribution in [3.8, 4) is 6.07 Å². The molecule has 0 aliphatic carbocycles. The Morgan fingerprint density at radius 2 is 2.12 bits per heavy atom. The smallest absolute Gasteiger partial charge is 0.257 e. The Kier molecular flexibility index (Phi) is 2.88. The van der Waals surface area contributed by atoms with Gasteiger partial charge in [0.2, 0.25) is 0 Å². The molecule has 5 heteroatoms. The molecule has 1 aromatic carbocycles. The molecule has 0 spiro atoms. The first-order valence-electron chi connectivity index (χ1n) is 5.15. The molecule has 4 nitrogen and oxygen atoms in total. The van der Waals surface area contributed by atoms with Crippen molar-refractivity contribution >= 4 is 17.3 Å². The normalized spacial score (nSPS) is 19.1. The van der Waals surface area contributed by atoms with Crippen molar-refractivity contribution in [1.29, 1.82) is 5.26 Å². The van der Waals surface area contributed by atoms with Gasteiger partial charge in [0.25, 0.3) is 5.91 Å². The summed E-state index contributed by atoms with van der Waals surface area (Å²) in [6, 6.07) is 7.47. The standard InChI is InChI=1S/C12H10FN3O/c1-8-11(6-7-14)12(17)16(15-8)10-4-2-9(13)3-5-10/h2-5,11H,6H2,1H3. The highest BCUT2D eigenvalue weighted by molar-refractivity contribution is 6.14. The molecule has 1 aliphatic heterocycles. The summed E-state index contributed by atoms with van der Waals surface area (Å²) in [6.45, 7) is 1.71. The molecule has 0 fully saturated rings. The van der Waals surface area contributed by atoms with Crippen LogP contribution in [0.4, 0.5) is 10.1 Å². The first-order valence-corrected chi connectivity index (χ1v) is 5.15. The summed E-state index contributed by atoms with van der Waals surface area (Å²) in [5, 5.41) is 13.9. The number of carbonyl (C=O) groups excluding carboxylic acids is 1. The molecular formula is C12H10FN3O. The van der Waals surface area contributed by atoms with E-state index in [4.69, 9.17) is 5.26 Å². The Balaban J connectivity index is 2.28. The molecule has 0 aromatic heterocycles. The van der Waals surface area contributed by atoms with E-state index in [-0.39, 0.29) is 18.1 Å². The minimum Gasteiger partial charge on any atom is -0.272 e. The van der Waals surface area contributed by atoms with Crippen LogP contribution in [0, 0.1) is 23.1 Å². The van der Waals surface area contributed by atoms with E-state index in [1.165, 1.54) is 29.3 Å². The molecule has 1 aliphatic rings. The predicted molar refractivity (Wildman–Crippen MR) is 60.7 cm³/mol. The first kappa shape index (κ1) is 11.3. The van der Waals surface area contributed by atoms with Crippen LogP contribution in [-0.4, -0.2) is 11.6 Å². The second-order valence-electron chi connectivity index (χ2n) is 3.78. The van der Waals surface area contributed by atoms with E-state index < -0.39 is 5.92 Å². The molecule has 1 aromatic rings. The van der Waals surface area contributed by atoms with E-state index in [0.717, 1.165) is 0 Å². The fourth-order valence-corrected chi connectivity index (χ4v) is 1.70. The monoisotopic (exact) mass is 231 g/mol. The fraction of sp³-hybridized carbons (Fsp3) is 0.250. The number of nitrogens with zero attached hydrogens (tertiary/aromatic N) is 3. The van der Waals surface area contributed by atoms with Crippen LogP contribution in [0.3, 0.4) is 0 Å². The van der Waals surface area contributed by atoms with Crippen LogP contribution in [0.1, 0.15) is 13.3 Å². The van der Waals surface area contributed by atoms with Crippen LogP contribution in [0.2, 0.25) is 0 Å². The molecule has 2 rings (SSSR count). The third kappa shape index (κ3) is 2.02. The lowest BCUT2D eigenvalue weighted by atomic mass is 10.0. The Labute approximate surface area is 98.0 Å². The average molecular weight is 231 g/mol. The molecule has 0 radical (unpaired) electrons. The van der Waals surface area contributed by atoms with E-state index in [0.29, 0.717) is 11.4 Å². The van der Waals surface area contributed by atoms with Gasteiger partial charge in [-0.25, -0.2) is 9.40 Å². The summed E-state index contributed by atoms with van der Waals surface area (Å²) in [6.07, 6.45) is 0.117. The van der Waals surface area contributed by atoms with Crippen molar-refractivity contribution in [3.05, 3.63) is 30.1 Å². The third-order valence-electron chi connectivity index (χ3n) is 2.64. The molecule has 1 unspecified atom stereocenters. The van der Waals surface area contributed by atoms with Crippen LogP contribution in [0.25, 0.3) is 0 Å². The maximum Gasteiger partial charge on any atom is 0.257 e. The van der Waals surface area contributed by atoms with E-state index in [2.05, 4.69) is 5.10 Å². The van der Waals surface area contributed by atoms with E-state index in [1.807, 2.05) is 6.07 Å². The lowest BCUT2D eigenvalue weighted by molar-refractivity contribution is -0.119. The summed E-state index contributed by atoms with van der Waals surface area (Å²) in [7, 11) is 0. The number of benzene rings is 1. The molecule has 0 bridgehead atoms. The van der Waals surface area contributed by atoms with Gasteiger partial charge >= 0.3 is 0 Å². The Hall–Kier alpha value is -2.22. The molecule has 17 heavy (non-hydrogen) atoms. The van der Waals surface area contributed by atoms with Crippen LogP contribution in [-0.2, 0) is 4.79 Å². The second kappa shape index (κ2) is 4.34. The Morgan fingerprint density at radius 3 is 2.71 bits per heavy atom. The molecular weight excluding hydrogens is 221 g/mol. The zero-order valence-corrected chi connectivity index (χ0v) is 9.22. The summed E-state index contributed by atoms with van der Waals surface area (Å²) >= 11 is 0. The van der Waals surface area contributed by atoms with Gasteiger partial charge in [-0.3, -0.25) is 4.79 Å². The number of amides is 1. The number of rotatable bonds is 2. The van der Waals surface area contributed by atoms with Gasteiger partial charge in [0.1, 0.15) is 5.82 Å². The van der Waals surface area contributed by atoms with Gasteiger partial charge in [-0.2, -0.15) is 10.4 Å². The maximum absolute atomic E-state index is 12.8. The van der Waals surface area contributed by atoms with E-state index >= 15 is 0 Å². The summed E-state index contributed by atoms with van der Waals surface area (Å²) in [5.41, 5.74) is 1.12. The van der Waals surface area contributed by atoms with Gasteiger partial charge in [0.15, 0.2) is 0 Å². The van der Waals surface area contributed by atoms with Crippen LogP contribution < -0.4 is 5.01 Å². The fourth-order valence-electron chi connectivity index (χ4n) is 1.70. The average Bonchev–Trinajstić information content (AvgIpc) is 2.59. The van der Waals surface area contributed by atoms with Crippen molar-refractivity contribution in [2.45, 2.75) is 13.3 Å². The van der Waals surface area contributed by atoms with Crippen LogP contribution in [0.15, 0.2) is 29.4 Å². The SMILES string of the molecule is CC1=NN(c2ccc(F)cc2)C(=O)C1CC#N. The van der Waals surface area contributed by atoms with E-state index in [1.54, 1.807) is 6.92 Å². The summed E-state index contributed by atoms with van der Waals surface area (Å²) in [4.78, 5) is 12.0. The molecule has 0 saturated carbocycles. The van der Waals surface area contributed by atoms with Crippen molar-refractivity contribution in [2.75, 3.05) is 5.01 Å². The first-order chi connectivity index (χ1) is 8.13. The second-order valence-corrected chi connectivity index (χ2v) is 3.78. The minimum atomic E-state index is -0.481. The summed E-state index contributed by atoms with van der Waals surface area (Å²) in [5.74, 6) is -1.09. The molecule has 86 valence electrons. The highest BCUT2D eigenvalue weighted by Crippen LogP contribution is 2.25. The lowest BCUT2D eigenvalue weighted by Gasteiger charge is -2.12. The maximum atomic E-state index is 12.8. The number of nitriles is 1. The van der Waals surface area contributed by atoms with Gasteiger partial charge in [0.05, 0.1) is 24.1 Å². The molecule has 1 amide bonds. The van der Waals surface area contributed by atoms with E-state index in [9.17, 15) is 9.18 Å². The van der Waals surface area contributed by atoms with Gasteiger partial charge in [-0.05, 0) is 31.2 Å². The van der Waals surface area contributed by atoms with Crippen LogP contribution in [0.5, 0.6) is 0 Å². The van der Waals surface area contributed by atoms with Crippen molar-refractivity contribution in [1.82, 2.24) is 0 Å². The highest BCUT2D eigenvalue weighted by atomic mass is 19.1. The highest BCUT2D eigenvalue weighted by Gasteiger charge is 2.33. The quantitative estimate of drug-likeness (QED) is 0.782. The molecule has 1 atom stereocenters. The van der Waals surface area contributed by atoms with Crippen molar-refractivity contribution in [2.24, 2.45) is 11.0 Å². The predicted octanol–water partition coefficient (Wildman–Crippen LogP) is 2.08. The largest absolute Gasteiger partial charge is 0.272 e. The van der Waals surface area contributed by atoms with Crippen molar-refractivity contribution < 1.29 is 9.18 Å². The summed E-state index contributed by atoms with van der Waals surface area (Å²) < 4.78 is 12.8.